The van der Waals surface area contributed by atoms with Crippen LogP contribution in [0.5, 0.6) is 0 Å². The van der Waals surface area contributed by atoms with Crippen molar-refractivity contribution in [3.63, 3.8) is 0 Å². The van der Waals surface area contributed by atoms with E-state index in [1.165, 1.54) is 5.56 Å². The predicted molar refractivity (Wildman–Crippen MR) is 90.6 cm³/mol. The van der Waals surface area contributed by atoms with E-state index in [9.17, 15) is 0 Å². The van der Waals surface area contributed by atoms with E-state index >= 15 is 0 Å². The number of nitriles is 1. The van der Waals surface area contributed by atoms with Gasteiger partial charge in [0.15, 0.2) is 0 Å². The van der Waals surface area contributed by atoms with Gasteiger partial charge in [-0.3, -0.25) is 4.90 Å². The minimum atomic E-state index is 0.609. The summed E-state index contributed by atoms with van der Waals surface area (Å²) in [4.78, 5) is 9.11. The molecule has 1 aliphatic heterocycles. The lowest BCUT2D eigenvalue weighted by atomic mass is 10.2. The molecule has 1 aliphatic rings. The standard InChI is InChI=1S/C17H17BrN4/c18-16-4-1-14(2-5-16)13-21-7-9-22(10-8-21)17-6-3-15(11-19)12-20-17/h1-6,12H,7-10,13H2. The van der Waals surface area contributed by atoms with E-state index in [2.05, 4.69) is 61.0 Å². The van der Waals surface area contributed by atoms with Crippen molar-refractivity contribution in [1.82, 2.24) is 9.88 Å². The molecule has 4 nitrogen and oxygen atoms in total. The Labute approximate surface area is 139 Å². The number of hydrogen-bond donors (Lipinski definition) is 0. The summed E-state index contributed by atoms with van der Waals surface area (Å²) in [6.07, 6.45) is 1.64. The average molecular weight is 357 g/mol. The molecular weight excluding hydrogens is 340 g/mol. The number of piperazine rings is 1. The molecule has 0 saturated carbocycles. The largest absolute Gasteiger partial charge is 0.354 e. The minimum Gasteiger partial charge on any atom is -0.354 e. The molecule has 0 bridgehead atoms. The molecule has 2 heterocycles. The zero-order chi connectivity index (χ0) is 15.4. The summed E-state index contributed by atoms with van der Waals surface area (Å²) in [5, 5.41) is 8.82. The number of nitrogens with zero attached hydrogens (tertiary/aromatic N) is 4. The van der Waals surface area contributed by atoms with Gasteiger partial charge in [-0.2, -0.15) is 5.26 Å². The van der Waals surface area contributed by atoms with Crippen LogP contribution < -0.4 is 4.90 Å². The van der Waals surface area contributed by atoms with E-state index < -0.39 is 0 Å². The third kappa shape index (κ3) is 3.65. The second-order valence-electron chi connectivity index (χ2n) is 5.41. The third-order valence-corrected chi connectivity index (χ3v) is 4.42. The van der Waals surface area contributed by atoms with Crippen molar-refractivity contribution in [2.75, 3.05) is 31.1 Å². The smallest absolute Gasteiger partial charge is 0.128 e. The van der Waals surface area contributed by atoms with E-state index in [1.54, 1.807) is 6.20 Å². The molecule has 0 unspecified atom stereocenters. The van der Waals surface area contributed by atoms with Crippen molar-refractivity contribution in [2.45, 2.75) is 6.54 Å². The van der Waals surface area contributed by atoms with Gasteiger partial charge in [0.25, 0.3) is 0 Å². The van der Waals surface area contributed by atoms with Gasteiger partial charge in [0.2, 0.25) is 0 Å². The molecule has 2 aromatic rings. The molecule has 0 spiro atoms. The van der Waals surface area contributed by atoms with Gasteiger partial charge in [-0.25, -0.2) is 4.98 Å². The Morgan fingerprint density at radius 3 is 2.36 bits per heavy atom. The zero-order valence-corrected chi connectivity index (χ0v) is 13.8. The van der Waals surface area contributed by atoms with E-state index in [-0.39, 0.29) is 0 Å². The fourth-order valence-corrected chi connectivity index (χ4v) is 2.89. The summed E-state index contributed by atoms with van der Waals surface area (Å²) in [6.45, 7) is 4.97. The van der Waals surface area contributed by atoms with Gasteiger partial charge in [0.05, 0.1) is 5.56 Å². The summed E-state index contributed by atoms with van der Waals surface area (Å²) in [5.41, 5.74) is 1.95. The van der Waals surface area contributed by atoms with Crippen molar-refractivity contribution in [2.24, 2.45) is 0 Å². The highest BCUT2D eigenvalue weighted by molar-refractivity contribution is 9.10. The van der Waals surface area contributed by atoms with Crippen molar-refractivity contribution in [3.05, 3.63) is 58.2 Å². The van der Waals surface area contributed by atoms with Gasteiger partial charge in [-0.1, -0.05) is 28.1 Å². The summed E-state index contributed by atoms with van der Waals surface area (Å²) in [6, 6.07) is 14.4. The first-order chi connectivity index (χ1) is 10.7. The lowest BCUT2D eigenvalue weighted by Crippen LogP contribution is -2.46. The molecule has 0 radical (unpaired) electrons. The maximum absolute atomic E-state index is 8.82. The fraction of sp³-hybridized carbons (Fsp3) is 0.294. The zero-order valence-electron chi connectivity index (χ0n) is 12.2. The number of hydrogen-bond acceptors (Lipinski definition) is 4. The molecule has 0 N–H and O–H groups in total. The summed E-state index contributed by atoms with van der Waals surface area (Å²) in [7, 11) is 0. The van der Waals surface area contributed by atoms with Gasteiger partial charge < -0.3 is 4.90 Å². The molecule has 0 amide bonds. The Hall–Kier alpha value is -1.90. The van der Waals surface area contributed by atoms with Crippen LogP contribution in [0.15, 0.2) is 47.1 Å². The molecule has 112 valence electrons. The minimum absolute atomic E-state index is 0.609. The number of aromatic nitrogens is 1. The highest BCUT2D eigenvalue weighted by Gasteiger charge is 2.18. The first-order valence-electron chi connectivity index (χ1n) is 7.32. The Balaban J connectivity index is 1.55. The molecule has 1 saturated heterocycles. The molecule has 1 fully saturated rings. The van der Waals surface area contributed by atoms with Crippen LogP contribution in [0.4, 0.5) is 5.82 Å². The molecule has 1 aromatic heterocycles. The average Bonchev–Trinajstić information content (AvgIpc) is 2.58. The predicted octanol–water partition coefficient (Wildman–Crippen LogP) is 3.04. The lowest BCUT2D eigenvalue weighted by Gasteiger charge is -2.35. The summed E-state index contributed by atoms with van der Waals surface area (Å²) >= 11 is 3.47. The van der Waals surface area contributed by atoms with Crippen molar-refractivity contribution >= 4 is 21.7 Å². The highest BCUT2D eigenvalue weighted by atomic mass is 79.9. The van der Waals surface area contributed by atoms with E-state index in [0.717, 1.165) is 43.0 Å². The van der Waals surface area contributed by atoms with E-state index in [4.69, 9.17) is 5.26 Å². The molecule has 5 heteroatoms. The van der Waals surface area contributed by atoms with Crippen molar-refractivity contribution in [1.29, 1.82) is 5.26 Å². The third-order valence-electron chi connectivity index (χ3n) is 3.89. The number of benzene rings is 1. The van der Waals surface area contributed by atoms with E-state index in [0.29, 0.717) is 5.56 Å². The summed E-state index contributed by atoms with van der Waals surface area (Å²) in [5.74, 6) is 0.960. The van der Waals surface area contributed by atoms with Crippen molar-refractivity contribution in [3.8, 4) is 6.07 Å². The molecule has 1 aromatic carbocycles. The fourth-order valence-electron chi connectivity index (χ4n) is 2.62. The molecular formula is C17H17BrN4. The van der Waals surface area contributed by atoms with Gasteiger partial charge in [0.1, 0.15) is 11.9 Å². The normalized spacial score (nSPS) is 15.5. The van der Waals surface area contributed by atoms with Crippen LogP contribution in [-0.4, -0.2) is 36.1 Å². The SMILES string of the molecule is N#Cc1ccc(N2CCN(Cc3ccc(Br)cc3)CC2)nc1. The van der Waals surface area contributed by atoms with Crippen LogP contribution in [0.25, 0.3) is 0 Å². The maximum Gasteiger partial charge on any atom is 0.128 e. The Morgan fingerprint density at radius 2 is 1.77 bits per heavy atom. The summed E-state index contributed by atoms with van der Waals surface area (Å²) < 4.78 is 1.12. The van der Waals surface area contributed by atoms with Crippen LogP contribution in [0.1, 0.15) is 11.1 Å². The Kier molecular flexibility index (Phi) is 4.71. The second-order valence-corrected chi connectivity index (χ2v) is 6.32. The number of rotatable bonds is 3. The molecule has 22 heavy (non-hydrogen) atoms. The maximum atomic E-state index is 8.82. The Bertz CT molecular complexity index is 653. The number of pyridine rings is 1. The molecule has 3 rings (SSSR count). The van der Waals surface area contributed by atoms with Crippen LogP contribution in [-0.2, 0) is 6.54 Å². The van der Waals surface area contributed by atoms with Crippen LogP contribution in [0, 0.1) is 11.3 Å². The van der Waals surface area contributed by atoms with Gasteiger partial charge in [0, 0.05) is 43.4 Å². The molecule has 0 aliphatic carbocycles. The molecule has 0 atom stereocenters. The van der Waals surface area contributed by atoms with Crippen LogP contribution in [0.3, 0.4) is 0 Å². The van der Waals surface area contributed by atoms with Crippen molar-refractivity contribution < 1.29 is 0 Å². The van der Waals surface area contributed by atoms with Gasteiger partial charge >= 0.3 is 0 Å². The Morgan fingerprint density at radius 1 is 1.05 bits per heavy atom. The first-order valence-corrected chi connectivity index (χ1v) is 8.12. The first kappa shape index (κ1) is 15.0. The van der Waals surface area contributed by atoms with Crippen LogP contribution in [0.2, 0.25) is 0 Å². The number of anilines is 1. The van der Waals surface area contributed by atoms with Crippen LogP contribution >= 0.6 is 15.9 Å². The lowest BCUT2D eigenvalue weighted by molar-refractivity contribution is 0.249. The monoisotopic (exact) mass is 356 g/mol. The van der Waals surface area contributed by atoms with E-state index in [1.807, 2.05) is 12.1 Å². The number of halogens is 1. The quantitative estimate of drug-likeness (QED) is 0.847. The topological polar surface area (TPSA) is 43.2 Å². The van der Waals surface area contributed by atoms with Gasteiger partial charge in [-0.15, -0.1) is 0 Å². The second kappa shape index (κ2) is 6.91. The van der Waals surface area contributed by atoms with Gasteiger partial charge in [-0.05, 0) is 29.8 Å². The highest BCUT2D eigenvalue weighted by Crippen LogP contribution is 2.16.